The quantitative estimate of drug-likeness (QED) is 0.497. The van der Waals surface area contributed by atoms with Crippen LogP contribution in [0.15, 0.2) is 41.2 Å². The number of rotatable bonds is 4. The molecule has 6 nitrogen and oxygen atoms in total. The number of imidazole rings is 1. The summed E-state index contributed by atoms with van der Waals surface area (Å²) in [5, 5.41) is 7.77. The average Bonchev–Trinajstić information content (AvgIpc) is 3.25. The van der Waals surface area contributed by atoms with Gasteiger partial charge in [-0.25, -0.2) is 4.98 Å². The van der Waals surface area contributed by atoms with Crippen molar-refractivity contribution >= 4 is 34.2 Å². The van der Waals surface area contributed by atoms with Crippen molar-refractivity contribution in [2.24, 2.45) is 0 Å². The SMILES string of the molecule is FC(F)c1nnc(-c2ccc(Cn3cnc4cc(Cl)c(Cl)cc43)nc2)o1. The second-order valence-corrected chi connectivity index (χ2v) is 6.23. The minimum absolute atomic E-state index is 0.00569. The van der Waals surface area contributed by atoms with Crippen molar-refractivity contribution in [1.82, 2.24) is 24.7 Å². The van der Waals surface area contributed by atoms with Crippen molar-refractivity contribution in [2.75, 3.05) is 0 Å². The molecule has 3 heterocycles. The predicted molar refractivity (Wildman–Crippen MR) is 91.3 cm³/mol. The first kappa shape index (κ1) is 16.9. The van der Waals surface area contributed by atoms with E-state index >= 15 is 0 Å². The highest BCUT2D eigenvalue weighted by Gasteiger charge is 2.17. The summed E-state index contributed by atoms with van der Waals surface area (Å²) in [5.41, 5.74) is 2.73. The van der Waals surface area contributed by atoms with Gasteiger partial charge in [-0.05, 0) is 24.3 Å². The summed E-state index contributed by atoms with van der Waals surface area (Å²) < 4.78 is 31.8. The minimum Gasteiger partial charge on any atom is -0.415 e. The number of nitrogens with zero attached hydrogens (tertiary/aromatic N) is 5. The summed E-state index contributed by atoms with van der Waals surface area (Å²) in [4.78, 5) is 8.60. The fourth-order valence-corrected chi connectivity index (χ4v) is 2.75. The molecule has 0 saturated carbocycles. The lowest BCUT2D eigenvalue weighted by molar-refractivity contribution is 0.116. The first-order valence-electron chi connectivity index (χ1n) is 7.38. The largest absolute Gasteiger partial charge is 0.415 e. The monoisotopic (exact) mass is 395 g/mol. The molecular formula is C16H9Cl2F2N5O. The van der Waals surface area contributed by atoms with Crippen molar-refractivity contribution in [1.29, 1.82) is 0 Å². The molecule has 0 N–H and O–H groups in total. The Balaban J connectivity index is 1.58. The molecule has 3 aromatic heterocycles. The maximum absolute atomic E-state index is 12.5. The van der Waals surface area contributed by atoms with Crippen molar-refractivity contribution in [2.45, 2.75) is 13.0 Å². The van der Waals surface area contributed by atoms with Crippen LogP contribution in [0.3, 0.4) is 0 Å². The number of alkyl halides is 2. The molecule has 1 aromatic carbocycles. The van der Waals surface area contributed by atoms with Crippen LogP contribution in [-0.4, -0.2) is 24.7 Å². The van der Waals surface area contributed by atoms with E-state index in [1.54, 1.807) is 30.6 Å². The molecule has 0 aliphatic carbocycles. The standard InChI is InChI=1S/C16H9Cl2F2N5O/c17-10-3-12-13(4-11(10)18)25(7-22-12)6-9-2-1-8(5-21-9)15-23-24-16(26-15)14(19)20/h1-5,7,14H,6H2. The Morgan fingerprint density at radius 1 is 1.08 bits per heavy atom. The highest BCUT2D eigenvalue weighted by atomic mass is 35.5. The zero-order valence-corrected chi connectivity index (χ0v) is 14.4. The lowest BCUT2D eigenvalue weighted by Gasteiger charge is -2.05. The Labute approximate surface area is 155 Å². The number of halogens is 4. The van der Waals surface area contributed by atoms with Gasteiger partial charge >= 0.3 is 6.43 Å². The maximum Gasteiger partial charge on any atom is 0.314 e. The van der Waals surface area contributed by atoms with E-state index in [4.69, 9.17) is 27.6 Å². The van der Waals surface area contributed by atoms with E-state index in [1.807, 2.05) is 4.57 Å². The Kier molecular flexibility index (Phi) is 4.29. The zero-order valence-electron chi connectivity index (χ0n) is 12.9. The van der Waals surface area contributed by atoms with Gasteiger partial charge in [-0.15, -0.1) is 10.2 Å². The van der Waals surface area contributed by atoms with Crippen LogP contribution in [0.4, 0.5) is 8.78 Å². The molecule has 0 spiro atoms. The Morgan fingerprint density at radius 2 is 1.88 bits per heavy atom. The fourth-order valence-electron chi connectivity index (χ4n) is 2.44. The van der Waals surface area contributed by atoms with E-state index in [0.29, 0.717) is 22.2 Å². The summed E-state index contributed by atoms with van der Waals surface area (Å²) in [6, 6.07) is 6.85. The molecule has 0 bridgehead atoms. The average molecular weight is 396 g/mol. The number of benzene rings is 1. The number of fused-ring (bicyclic) bond motifs is 1. The highest BCUT2D eigenvalue weighted by molar-refractivity contribution is 6.42. The van der Waals surface area contributed by atoms with Gasteiger partial charge in [-0.1, -0.05) is 23.2 Å². The summed E-state index contributed by atoms with van der Waals surface area (Å²) in [6.07, 6.45) is 0.347. The number of pyridine rings is 1. The fraction of sp³-hybridized carbons (Fsp3) is 0.125. The third-order valence-corrected chi connectivity index (χ3v) is 4.42. The van der Waals surface area contributed by atoms with Gasteiger partial charge in [0, 0.05) is 6.20 Å². The first-order valence-corrected chi connectivity index (χ1v) is 8.13. The van der Waals surface area contributed by atoms with Crippen LogP contribution >= 0.6 is 23.2 Å². The Hall–Kier alpha value is -2.58. The van der Waals surface area contributed by atoms with Gasteiger partial charge < -0.3 is 8.98 Å². The molecule has 0 fully saturated rings. The van der Waals surface area contributed by atoms with E-state index in [9.17, 15) is 8.78 Å². The molecule has 0 aliphatic rings. The van der Waals surface area contributed by atoms with E-state index in [1.165, 1.54) is 6.20 Å². The molecule has 0 atom stereocenters. The topological polar surface area (TPSA) is 69.6 Å². The van der Waals surface area contributed by atoms with E-state index < -0.39 is 12.3 Å². The second kappa shape index (κ2) is 6.62. The number of aromatic nitrogens is 5. The summed E-state index contributed by atoms with van der Waals surface area (Å²) in [6.45, 7) is 0.445. The van der Waals surface area contributed by atoms with E-state index in [-0.39, 0.29) is 5.89 Å². The van der Waals surface area contributed by atoms with Gasteiger partial charge in [0.25, 0.3) is 5.89 Å². The molecule has 0 radical (unpaired) electrons. The molecule has 0 saturated heterocycles. The van der Waals surface area contributed by atoms with Crippen LogP contribution in [-0.2, 0) is 6.54 Å². The van der Waals surface area contributed by atoms with Crippen LogP contribution in [0.2, 0.25) is 10.0 Å². The van der Waals surface area contributed by atoms with Crippen molar-refractivity contribution in [3.63, 3.8) is 0 Å². The number of hydrogen-bond donors (Lipinski definition) is 0. The van der Waals surface area contributed by atoms with Crippen molar-refractivity contribution < 1.29 is 13.2 Å². The minimum atomic E-state index is -2.81. The van der Waals surface area contributed by atoms with Crippen molar-refractivity contribution in [3.05, 3.63) is 58.4 Å². The second-order valence-electron chi connectivity index (χ2n) is 5.41. The van der Waals surface area contributed by atoms with E-state index in [2.05, 4.69) is 20.2 Å². The Morgan fingerprint density at radius 3 is 2.58 bits per heavy atom. The molecule has 10 heteroatoms. The highest BCUT2D eigenvalue weighted by Crippen LogP contribution is 2.28. The molecule has 4 rings (SSSR count). The first-order chi connectivity index (χ1) is 12.5. The van der Waals surface area contributed by atoms with Gasteiger partial charge in [0.2, 0.25) is 5.89 Å². The maximum atomic E-state index is 12.5. The van der Waals surface area contributed by atoms with Gasteiger partial charge in [-0.3, -0.25) is 4.98 Å². The smallest absolute Gasteiger partial charge is 0.314 e. The third kappa shape index (κ3) is 3.13. The van der Waals surface area contributed by atoms with Crippen LogP contribution in [0.5, 0.6) is 0 Å². The normalized spacial score (nSPS) is 11.6. The predicted octanol–water partition coefficient (Wildman–Crippen LogP) is 4.77. The van der Waals surface area contributed by atoms with Gasteiger partial charge in [0.05, 0.1) is 45.2 Å². The lowest BCUT2D eigenvalue weighted by Crippen LogP contribution is -2.00. The van der Waals surface area contributed by atoms with Gasteiger partial charge in [-0.2, -0.15) is 8.78 Å². The lowest BCUT2D eigenvalue weighted by atomic mass is 10.2. The van der Waals surface area contributed by atoms with Gasteiger partial charge in [0.1, 0.15) is 0 Å². The molecule has 132 valence electrons. The van der Waals surface area contributed by atoms with Crippen LogP contribution in [0, 0.1) is 0 Å². The molecule has 0 amide bonds. The molecule has 0 unspecified atom stereocenters. The Bertz CT molecular complexity index is 1080. The van der Waals surface area contributed by atoms with E-state index in [0.717, 1.165) is 16.7 Å². The van der Waals surface area contributed by atoms with Crippen LogP contribution in [0.1, 0.15) is 18.0 Å². The molecule has 4 aromatic rings. The summed E-state index contributed by atoms with van der Waals surface area (Å²) in [5.74, 6) is -0.724. The third-order valence-electron chi connectivity index (χ3n) is 3.69. The summed E-state index contributed by atoms with van der Waals surface area (Å²) in [7, 11) is 0. The van der Waals surface area contributed by atoms with Gasteiger partial charge in [0.15, 0.2) is 0 Å². The van der Waals surface area contributed by atoms with Crippen molar-refractivity contribution in [3.8, 4) is 11.5 Å². The van der Waals surface area contributed by atoms with Crippen LogP contribution < -0.4 is 0 Å². The molecule has 0 aliphatic heterocycles. The molecular weight excluding hydrogens is 387 g/mol. The van der Waals surface area contributed by atoms with Crippen LogP contribution in [0.25, 0.3) is 22.5 Å². The summed E-state index contributed by atoms with van der Waals surface area (Å²) >= 11 is 12.1. The zero-order chi connectivity index (χ0) is 18.3. The molecule has 26 heavy (non-hydrogen) atoms. The number of hydrogen-bond acceptors (Lipinski definition) is 5.